The fourth-order valence-electron chi connectivity index (χ4n) is 3.53. The second kappa shape index (κ2) is 8.16. The summed E-state index contributed by atoms with van der Waals surface area (Å²) in [4.78, 5) is 24.3. The number of rotatable bonds is 5. The van der Waals surface area contributed by atoms with Gasteiger partial charge in [-0.3, -0.25) is 4.79 Å². The number of carbonyl (C=O) groups is 2. The van der Waals surface area contributed by atoms with E-state index < -0.39 is 6.03 Å². The smallest absolute Gasteiger partial charge is 0.323 e. The number of nitrogens with one attached hydrogen (secondary N) is 3. The fourth-order valence-corrected chi connectivity index (χ4v) is 3.53. The third-order valence-corrected chi connectivity index (χ3v) is 4.95. The number of para-hydroxylation sites is 1. The van der Waals surface area contributed by atoms with E-state index in [9.17, 15) is 9.59 Å². The molecule has 0 aromatic heterocycles. The molecular weight excluding hydrogens is 382 g/mol. The molecular formula is C23H21N3O4. The third-order valence-electron chi connectivity index (χ3n) is 4.95. The van der Waals surface area contributed by atoms with E-state index in [0.29, 0.717) is 35.0 Å². The zero-order chi connectivity index (χ0) is 21.1. The molecule has 0 aliphatic carbocycles. The van der Waals surface area contributed by atoms with Gasteiger partial charge in [-0.25, -0.2) is 4.79 Å². The van der Waals surface area contributed by atoms with Gasteiger partial charge in [0, 0.05) is 17.8 Å². The Labute approximate surface area is 174 Å². The van der Waals surface area contributed by atoms with Gasteiger partial charge in [-0.05, 0) is 47.0 Å². The van der Waals surface area contributed by atoms with Crippen LogP contribution in [0.3, 0.4) is 0 Å². The highest BCUT2D eigenvalue weighted by Crippen LogP contribution is 2.35. The maximum atomic E-state index is 12.4. The number of carbonyl (C=O) groups excluding carboxylic acids is 2. The quantitative estimate of drug-likeness (QED) is 0.594. The van der Waals surface area contributed by atoms with Crippen molar-refractivity contribution < 1.29 is 19.1 Å². The Morgan fingerprint density at radius 2 is 1.63 bits per heavy atom. The molecule has 152 valence electrons. The molecule has 0 radical (unpaired) electrons. The van der Waals surface area contributed by atoms with Crippen LogP contribution in [0.4, 0.5) is 16.2 Å². The van der Waals surface area contributed by atoms with Crippen molar-refractivity contribution in [2.45, 2.75) is 6.54 Å². The Balaban J connectivity index is 1.49. The van der Waals surface area contributed by atoms with Crippen LogP contribution in [0.25, 0.3) is 11.1 Å². The zero-order valence-electron chi connectivity index (χ0n) is 16.6. The standard InChI is InChI=1S/C23H21N3O4/c1-29-20-8-4-7-19(21(20)30-2)26-23(28)25-15-11-9-14(10-12-15)16-5-3-6-17-18(16)13-24-22(17)27/h3-12H,13H2,1-2H3,(H,24,27)(H2,25,26,28). The average molecular weight is 403 g/mol. The minimum Gasteiger partial charge on any atom is -0.493 e. The van der Waals surface area contributed by atoms with E-state index in [2.05, 4.69) is 16.0 Å². The lowest BCUT2D eigenvalue weighted by atomic mass is 9.97. The number of hydrogen-bond acceptors (Lipinski definition) is 4. The largest absolute Gasteiger partial charge is 0.493 e. The number of methoxy groups -OCH3 is 2. The van der Waals surface area contributed by atoms with Crippen LogP contribution in [0, 0.1) is 0 Å². The summed E-state index contributed by atoms with van der Waals surface area (Å²) < 4.78 is 10.6. The first kappa shape index (κ1) is 19.3. The number of hydrogen-bond donors (Lipinski definition) is 3. The molecule has 0 bridgehead atoms. The molecule has 3 amide bonds. The van der Waals surface area contributed by atoms with E-state index in [1.807, 2.05) is 42.5 Å². The molecule has 0 atom stereocenters. The van der Waals surface area contributed by atoms with Gasteiger partial charge in [0.2, 0.25) is 0 Å². The van der Waals surface area contributed by atoms with Crippen molar-refractivity contribution in [3.8, 4) is 22.6 Å². The van der Waals surface area contributed by atoms with Gasteiger partial charge in [0.15, 0.2) is 11.5 Å². The highest BCUT2D eigenvalue weighted by Gasteiger charge is 2.21. The van der Waals surface area contributed by atoms with Gasteiger partial charge in [0.25, 0.3) is 5.91 Å². The van der Waals surface area contributed by atoms with Crippen LogP contribution in [0.5, 0.6) is 11.5 Å². The number of ether oxygens (including phenoxy) is 2. The van der Waals surface area contributed by atoms with E-state index in [4.69, 9.17) is 9.47 Å². The normalized spacial score (nSPS) is 12.0. The molecule has 4 rings (SSSR count). The first-order valence-corrected chi connectivity index (χ1v) is 9.40. The molecule has 0 saturated heterocycles. The van der Waals surface area contributed by atoms with Crippen LogP contribution in [0.2, 0.25) is 0 Å². The lowest BCUT2D eigenvalue weighted by molar-refractivity contribution is 0.0965. The maximum Gasteiger partial charge on any atom is 0.323 e. The Morgan fingerprint density at radius 1 is 0.900 bits per heavy atom. The van der Waals surface area contributed by atoms with Gasteiger partial charge in [0.1, 0.15) is 0 Å². The molecule has 3 N–H and O–H groups in total. The van der Waals surface area contributed by atoms with Gasteiger partial charge < -0.3 is 25.4 Å². The van der Waals surface area contributed by atoms with Crippen molar-refractivity contribution in [1.29, 1.82) is 0 Å². The monoisotopic (exact) mass is 403 g/mol. The van der Waals surface area contributed by atoms with Crippen molar-refractivity contribution >= 4 is 23.3 Å². The van der Waals surface area contributed by atoms with Crippen molar-refractivity contribution in [3.05, 3.63) is 71.8 Å². The first-order valence-electron chi connectivity index (χ1n) is 9.40. The Bertz CT molecular complexity index is 1110. The Morgan fingerprint density at radius 3 is 2.37 bits per heavy atom. The average Bonchev–Trinajstić information content (AvgIpc) is 3.15. The third kappa shape index (κ3) is 3.65. The molecule has 30 heavy (non-hydrogen) atoms. The van der Waals surface area contributed by atoms with Crippen LogP contribution in [-0.4, -0.2) is 26.2 Å². The van der Waals surface area contributed by atoms with Crippen molar-refractivity contribution in [2.24, 2.45) is 0 Å². The topological polar surface area (TPSA) is 88.7 Å². The van der Waals surface area contributed by atoms with E-state index in [-0.39, 0.29) is 5.91 Å². The molecule has 0 spiro atoms. The number of urea groups is 1. The molecule has 0 unspecified atom stereocenters. The van der Waals surface area contributed by atoms with Crippen molar-refractivity contribution in [2.75, 3.05) is 24.9 Å². The summed E-state index contributed by atoms with van der Waals surface area (Å²) in [6.45, 7) is 0.523. The number of amides is 3. The summed E-state index contributed by atoms with van der Waals surface area (Å²) in [5.41, 5.74) is 4.82. The first-order chi connectivity index (χ1) is 14.6. The van der Waals surface area contributed by atoms with Crippen LogP contribution >= 0.6 is 0 Å². The van der Waals surface area contributed by atoms with Gasteiger partial charge in [-0.15, -0.1) is 0 Å². The van der Waals surface area contributed by atoms with E-state index in [0.717, 1.165) is 16.7 Å². The highest BCUT2D eigenvalue weighted by atomic mass is 16.5. The summed E-state index contributed by atoms with van der Waals surface area (Å²) >= 11 is 0. The lowest BCUT2D eigenvalue weighted by Crippen LogP contribution is -2.19. The van der Waals surface area contributed by atoms with E-state index >= 15 is 0 Å². The minimum absolute atomic E-state index is 0.0465. The maximum absolute atomic E-state index is 12.4. The van der Waals surface area contributed by atoms with E-state index in [1.165, 1.54) is 14.2 Å². The molecule has 1 heterocycles. The fraction of sp³-hybridized carbons (Fsp3) is 0.130. The molecule has 7 heteroatoms. The lowest BCUT2D eigenvalue weighted by Gasteiger charge is -2.14. The Kier molecular flexibility index (Phi) is 5.26. The second-order valence-electron chi connectivity index (χ2n) is 6.71. The van der Waals surface area contributed by atoms with Crippen LogP contribution < -0.4 is 25.4 Å². The molecule has 0 saturated carbocycles. The van der Waals surface area contributed by atoms with E-state index in [1.54, 1.807) is 18.2 Å². The summed E-state index contributed by atoms with van der Waals surface area (Å²) in [7, 11) is 3.06. The number of anilines is 2. The zero-order valence-corrected chi connectivity index (χ0v) is 16.6. The Hall–Kier alpha value is -4.00. The SMILES string of the molecule is COc1cccc(NC(=O)Nc2ccc(-c3cccc4c3CNC4=O)cc2)c1OC. The van der Waals surface area contributed by atoms with Crippen LogP contribution in [0.1, 0.15) is 15.9 Å². The van der Waals surface area contributed by atoms with Gasteiger partial charge in [-0.2, -0.15) is 0 Å². The van der Waals surface area contributed by atoms with Crippen LogP contribution in [0.15, 0.2) is 60.7 Å². The summed E-state index contributed by atoms with van der Waals surface area (Å²) in [6.07, 6.45) is 0. The van der Waals surface area contributed by atoms with Crippen LogP contribution in [-0.2, 0) is 6.54 Å². The summed E-state index contributed by atoms with van der Waals surface area (Å²) in [5.74, 6) is 0.935. The minimum atomic E-state index is -0.398. The molecule has 1 aliphatic rings. The molecule has 3 aromatic carbocycles. The molecule has 3 aromatic rings. The summed E-state index contributed by atoms with van der Waals surface area (Å²) in [5, 5.41) is 8.42. The van der Waals surface area contributed by atoms with Crippen molar-refractivity contribution in [1.82, 2.24) is 5.32 Å². The van der Waals surface area contributed by atoms with Gasteiger partial charge >= 0.3 is 6.03 Å². The predicted molar refractivity (Wildman–Crippen MR) is 115 cm³/mol. The summed E-state index contributed by atoms with van der Waals surface area (Å²) in [6, 6.07) is 18.0. The molecule has 0 fully saturated rings. The van der Waals surface area contributed by atoms with Crippen molar-refractivity contribution in [3.63, 3.8) is 0 Å². The predicted octanol–water partition coefficient (Wildman–Crippen LogP) is 4.26. The highest BCUT2D eigenvalue weighted by molar-refractivity contribution is 6.02. The second-order valence-corrected chi connectivity index (χ2v) is 6.71. The van der Waals surface area contributed by atoms with Gasteiger partial charge in [0.05, 0.1) is 19.9 Å². The van der Waals surface area contributed by atoms with Gasteiger partial charge in [-0.1, -0.05) is 30.3 Å². The number of fused-ring (bicyclic) bond motifs is 1. The molecule has 7 nitrogen and oxygen atoms in total. The molecule has 1 aliphatic heterocycles. The number of benzene rings is 3.